The van der Waals surface area contributed by atoms with E-state index in [0.717, 1.165) is 53.6 Å². The van der Waals surface area contributed by atoms with E-state index in [1.165, 1.54) is 31.2 Å². The van der Waals surface area contributed by atoms with E-state index in [1.54, 1.807) is 7.11 Å². The molecule has 0 radical (unpaired) electrons. The monoisotopic (exact) mass is 448 g/mol. The third-order valence-electron chi connectivity index (χ3n) is 6.64. The van der Waals surface area contributed by atoms with Crippen molar-refractivity contribution in [2.75, 3.05) is 33.5 Å². The van der Waals surface area contributed by atoms with Crippen LogP contribution < -0.4 is 24.3 Å². The first-order valence-corrected chi connectivity index (χ1v) is 11.9. The van der Waals surface area contributed by atoms with E-state index in [9.17, 15) is 0 Å². The molecule has 1 saturated carbocycles. The molecule has 174 valence electrons. The SMILES string of the molecule is COc1ccc2nccc(OC[C@H]3CCC[C@@H](CNCc4ccc5c(c4)OCCO5)C3)c2c1. The highest BCUT2D eigenvalue weighted by Gasteiger charge is 2.23. The van der Waals surface area contributed by atoms with E-state index in [-0.39, 0.29) is 0 Å². The summed E-state index contributed by atoms with van der Waals surface area (Å²) >= 11 is 0. The molecule has 33 heavy (non-hydrogen) atoms. The standard InChI is InChI=1S/C27H32N2O4/c1-30-22-6-7-24-23(15-22)25(9-10-29-24)33-18-21-4-2-3-19(13-21)16-28-17-20-5-8-26-27(14-20)32-12-11-31-26/h5-10,14-15,19,21,28H,2-4,11-13,16-18H2,1H3/t19-,21+/m1/s1. The van der Waals surface area contributed by atoms with E-state index >= 15 is 0 Å². The van der Waals surface area contributed by atoms with Gasteiger partial charge < -0.3 is 24.3 Å². The number of methoxy groups -OCH3 is 1. The fraction of sp³-hybridized carbons (Fsp3) is 0.444. The maximum absolute atomic E-state index is 6.29. The third kappa shape index (κ3) is 5.33. The summed E-state index contributed by atoms with van der Waals surface area (Å²) < 4.78 is 23.0. The van der Waals surface area contributed by atoms with Crippen molar-refractivity contribution >= 4 is 10.9 Å². The smallest absolute Gasteiger partial charge is 0.161 e. The van der Waals surface area contributed by atoms with Crippen LogP contribution in [0.25, 0.3) is 10.9 Å². The topological polar surface area (TPSA) is 61.8 Å². The first-order valence-electron chi connectivity index (χ1n) is 11.9. The predicted molar refractivity (Wildman–Crippen MR) is 128 cm³/mol. The zero-order chi connectivity index (χ0) is 22.5. The quantitative estimate of drug-likeness (QED) is 0.524. The van der Waals surface area contributed by atoms with Gasteiger partial charge in [-0.15, -0.1) is 0 Å². The molecule has 2 aliphatic rings. The molecular weight excluding hydrogens is 416 g/mol. The van der Waals surface area contributed by atoms with Crippen LogP contribution >= 0.6 is 0 Å². The van der Waals surface area contributed by atoms with Gasteiger partial charge >= 0.3 is 0 Å². The Hall–Kier alpha value is -2.99. The van der Waals surface area contributed by atoms with Crippen molar-refractivity contribution in [3.05, 3.63) is 54.2 Å². The van der Waals surface area contributed by atoms with Crippen LogP contribution in [0.5, 0.6) is 23.0 Å². The molecule has 1 N–H and O–H groups in total. The maximum Gasteiger partial charge on any atom is 0.161 e. The number of benzene rings is 2. The highest BCUT2D eigenvalue weighted by molar-refractivity contribution is 5.86. The van der Waals surface area contributed by atoms with Gasteiger partial charge in [-0.2, -0.15) is 0 Å². The van der Waals surface area contributed by atoms with Gasteiger partial charge in [0.25, 0.3) is 0 Å². The van der Waals surface area contributed by atoms with Crippen molar-refractivity contribution in [3.63, 3.8) is 0 Å². The molecule has 1 aromatic heterocycles. The number of ether oxygens (including phenoxy) is 4. The Morgan fingerprint density at radius 3 is 2.79 bits per heavy atom. The molecule has 6 heteroatoms. The van der Waals surface area contributed by atoms with E-state index in [2.05, 4.69) is 22.4 Å². The first-order chi connectivity index (χ1) is 16.3. The summed E-state index contributed by atoms with van der Waals surface area (Å²) in [6.07, 6.45) is 6.77. The van der Waals surface area contributed by atoms with E-state index < -0.39 is 0 Å². The van der Waals surface area contributed by atoms with Crippen LogP contribution in [0.15, 0.2) is 48.7 Å². The lowest BCUT2D eigenvalue weighted by molar-refractivity contribution is 0.171. The number of rotatable bonds is 8. The molecule has 5 rings (SSSR count). The van der Waals surface area contributed by atoms with Gasteiger partial charge in [0, 0.05) is 18.1 Å². The minimum Gasteiger partial charge on any atom is -0.497 e. The molecule has 3 aromatic rings. The Balaban J connectivity index is 1.12. The minimum absolute atomic E-state index is 0.577. The fourth-order valence-electron chi connectivity index (χ4n) is 4.92. The van der Waals surface area contributed by atoms with Crippen molar-refractivity contribution in [2.24, 2.45) is 11.8 Å². The second kappa shape index (κ2) is 10.3. The molecule has 0 spiro atoms. The molecule has 0 saturated heterocycles. The summed E-state index contributed by atoms with van der Waals surface area (Å²) in [4.78, 5) is 4.45. The zero-order valence-electron chi connectivity index (χ0n) is 19.2. The number of nitrogens with zero attached hydrogens (tertiary/aromatic N) is 1. The lowest BCUT2D eigenvalue weighted by Gasteiger charge is -2.29. The van der Waals surface area contributed by atoms with Crippen LogP contribution in [0.3, 0.4) is 0 Å². The second-order valence-electron chi connectivity index (χ2n) is 9.01. The number of hydrogen-bond donors (Lipinski definition) is 1. The third-order valence-corrected chi connectivity index (χ3v) is 6.64. The average molecular weight is 449 g/mol. The first kappa shape index (κ1) is 21.8. The number of hydrogen-bond acceptors (Lipinski definition) is 6. The highest BCUT2D eigenvalue weighted by Crippen LogP contribution is 2.33. The lowest BCUT2D eigenvalue weighted by atomic mass is 9.82. The fourth-order valence-corrected chi connectivity index (χ4v) is 4.92. The van der Waals surface area contributed by atoms with Crippen LogP contribution in [0.2, 0.25) is 0 Å². The van der Waals surface area contributed by atoms with Crippen molar-refractivity contribution in [3.8, 4) is 23.0 Å². The van der Waals surface area contributed by atoms with Crippen molar-refractivity contribution in [1.82, 2.24) is 10.3 Å². The van der Waals surface area contributed by atoms with Crippen LogP contribution in [0, 0.1) is 11.8 Å². The van der Waals surface area contributed by atoms with Gasteiger partial charge in [0.2, 0.25) is 0 Å². The number of pyridine rings is 1. The van der Waals surface area contributed by atoms with Gasteiger partial charge in [0.05, 0.1) is 19.2 Å². The minimum atomic E-state index is 0.577. The van der Waals surface area contributed by atoms with Gasteiger partial charge in [-0.05, 0) is 79.6 Å². The summed E-state index contributed by atoms with van der Waals surface area (Å²) in [5.41, 5.74) is 2.16. The van der Waals surface area contributed by atoms with Crippen LogP contribution in [-0.4, -0.2) is 38.5 Å². The van der Waals surface area contributed by atoms with Crippen molar-refractivity contribution in [2.45, 2.75) is 32.2 Å². The molecule has 0 amide bonds. The van der Waals surface area contributed by atoms with Crippen molar-refractivity contribution in [1.29, 1.82) is 0 Å². The summed E-state index contributed by atoms with van der Waals surface area (Å²) in [5.74, 6) is 4.67. The molecule has 0 bridgehead atoms. The largest absolute Gasteiger partial charge is 0.497 e. The molecule has 1 fully saturated rings. The maximum atomic E-state index is 6.29. The summed E-state index contributed by atoms with van der Waals surface area (Å²) in [5, 5.41) is 4.65. The molecule has 1 aliphatic heterocycles. The van der Waals surface area contributed by atoms with E-state index in [1.807, 2.05) is 36.5 Å². The van der Waals surface area contributed by atoms with E-state index in [0.29, 0.717) is 25.0 Å². The molecule has 1 aliphatic carbocycles. The zero-order valence-corrected chi connectivity index (χ0v) is 19.2. The summed E-state index contributed by atoms with van der Waals surface area (Å²) in [6, 6.07) is 14.1. The Labute approximate surface area is 195 Å². The van der Waals surface area contributed by atoms with Gasteiger partial charge in [-0.1, -0.05) is 12.5 Å². The van der Waals surface area contributed by atoms with E-state index in [4.69, 9.17) is 18.9 Å². The van der Waals surface area contributed by atoms with Crippen LogP contribution in [0.1, 0.15) is 31.2 Å². The highest BCUT2D eigenvalue weighted by atomic mass is 16.6. The molecule has 6 nitrogen and oxygen atoms in total. The Morgan fingerprint density at radius 2 is 1.88 bits per heavy atom. The second-order valence-corrected chi connectivity index (χ2v) is 9.01. The molecule has 2 atom stereocenters. The molecule has 2 heterocycles. The molecular formula is C27H32N2O4. The molecule has 0 unspecified atom stereocenters. The van der Waals surface area contributed by atoms with Gasteiger partial charge in [0.15, 0.2) is 11.5 Å². The Kier molecular flexibility index (Phi) is 6.81. The normalized spacial score (nSPS) is 19.9. The van der Waals surface area contributed by atoms with Crippen LogP contribution in [-0.2, 0) is 6.54 Å². The number of fused-ring (bicyclic) bond motifs is 2. The lowest BCUT2D eigenvalue weighted by Crippen LogP contribution is -2.29. The summed E-state index contributed by atoms with van der Waals surface area (Å²) in [7, 11) is 1.68. The average Bonchev–Trinajstić information content (AvgIpc) is 2.87. The van der Waals surface area contributed by atoms with Gasteiger partial charge in [-0.3, -0.25) is 4.98 Å². The number of aromatic nitrogens is 1. The Bertz CT molecular complexity index is 1090. The van der Waals surface area contributed by atoms with Gasteiger partial charge in [-0.25, -0.2) is 0 Å². The molecule has 2 aromatic carbocycles. The van der Waals surface area contributed by atoms with Gasteiger partial charge in [0.1, 0.15) is 24.7 Å². The van der Waals surface area contributed by atoms with Crippen molar-refractivity contribution < 1.29 is 18.9 Å². The van der Waals surface area contributed by atoms with Crippen LogP contribution in [0.4, 0.5) is 0 Å². The predicted octanol–water partition coefficient (Wildman–Crippen LogP) is 4.99. The Morgan fingerprint density at radius 1 is 1.00 bits per heavy atom. The summed E-state index contributed by atoms with van der Waals surface area (Å²) in [6.45, 7) is 3.87. The number of nitrogens with one attached hydrogen (secondary N) is 1.